The molecule has 6 nitrogen and oxygen atoms in total. The molecule has 118 valence electrons. The fraction of sp³-hybridized carbons (Fsp3) is 0.438. The van der Waals surface area contributed by atoms with Gasteiger partial charge in [-0.25, -0.2) is 0 Å². The topological polar surface area (TPSA) is 86.7 Å². The van der Waals surface area contributed by atoms with Gasteiger partial charge in [0, 0.05) is 32.1 Å². The summed E-state index contributed by atoms with van der Waals surface area (Å²) in [6, 6.07) is 6.99. The first-order valence-electron chi connectivity index (χ1n) is 7.24. The predicted octanol–water partition coefficient (Wildman–Crippen LogP) is 1.12. The highest BCUT2D eigenvalue weighted by Crippen LogP contribution is 2.24. The van der Waals surface area contributed by atoms with Crippen LogP contribution < -0.4 is 5.32 Å². The van der Waals surface area contributed by atoms with Crippen molar-refractivity contribution in [3.05, 3.63) is 35.4 Å². The van der Waals surface area contributed by atoms with E-state index in [1.807, 2.05) is 6.92 Å². The van der Waals surface area contributed by atoms with E-state index < -0.39 is 11.9 Å². The molecule has 1 heterocycles. The minimum atomic E-state index is -0.853. The lowest BCUT2D eigenvalue weighted by Gasteiger charge is -2.16. The zero-order chi connectivity index (χ0) is 16.3. The fourth-order valence-electron chi connectivity index (χ4n) is 2.63. The largest absolute Gasteiger partial charge is 0.481 e. The molecule has 0 saturated carbocycles. The number of likely N-dealkylation sites (tertiary alicyclic amines) is 1. The number of benzene rings is 1. The minimum Gasteiger partial charge on any atom is -0.481 e. The van der Waals surface area contributed by atoms with Crippen LogP contribution in [0.4, 0.5) is 0 Å². The van der Waals surface area contributed by atoms with E-state index in [0.29, 0.717) is 18.7 Å². The third-order valence-electron chi connectivity index (χ3n) is 3.96. The first-order valence-corrected chi connectivity index (χ1v) is 7.24. The van der Waals surface area contributed by atoms with Gasteiger partial charge >= 0.3 is 5.97 Å². The van der Waals surface area contributed by atoms with E-state index in [2.05, 4.69) is 5.32 Å². The maximum Gasteiger partial charge on any atom is 0.308 e. The number of carboxylic acids is 1. The number of carbonyl (C=O) groups is 3. The maximum absolute atomic E-state index is 12.4. The van der Waals surface area contributed by atoms with Gasteiger partial charge in [-0.15, -0.1) is 0 Å². The number of aliphatic carboxylic acids is 1. The molecule has 1 saturated heterocycles. The average molecular weight is 304 g/mol. The fourth-order valence-corrected chi connectivity index (χ4v) is 2.63. The van der Waals surface area contributed by atoms with Gasteiger partial charge in [-0.3, -0.25) is 14.4 Å². The van der Waals surface area contributed by atoms with Gasteiger partial charge in [0.15, 0.2) is 0 Å². The van der Waals surface area contributed by atoms with Gasteiger partial charge in [0.1, 0.15) is 0 Å². The molecule has 0 aliphatic carbocycles. The SMILES string of the molecule is CC(=O)NCc1ccc(C(=O)N2C[C@@H](C)[C@H](C(=O)O)C2)cc1. The summed E-state index contributed by atoms with van der Waals surface area (Å²) in [7, 11) is 0. The van der Waals surface area contributed by atoms with Crippen molar-refractivity contribution < 1.29 is 19.5 Å². The summed E-state index contributed by atoms with van der Waals surface area (Å²) in [5.74, 6) is -1.65. The molecule has 0 radical (unpaired) electrons. The van der Waals surface area contributed by atoms with Crippen molar-refractivity contribution in [3.8, 4) is 0 Å². The highest BCUT2D eigenvalue weighted by atomic mass is 16.4. The molecule has 0 unspecified atom stereocenters. The van der Waals surface area contributed by atoms with Gasteiger partial charge in [0.05, 0.1) is 5.92 Å². The third-order valence-corrected chi connectivity index (χ3v) is 3.96. The van der Waals surface area contributed by atoms with Crippen LogP contribution in [0.2, 0.25) is 0 Å². The lowest BCUT2D eigenvalue weighted by molar-refractivity contribution is -0.142. The van der Waals surface area contributed by atoms with Crippen LogP contribution in [0.15, 0.2) is 24.3 Å². The Kier molecular flexibility index (Phi) is 4.80. The highest BCUT2D eigenvalue weighted by Gasteiger charge is 2.37. The second-order valence-electron chi connectivity index (χ2n) is 5.74. The minimum absolute atomic E-state index is 0.0412. The van der Waals surface area contributed by atoms with E-state index in [9.17, 15) is 14.4 Å². The molecule has 1 aliphatic rings. The lowest BCUT2D eigenvalue weighted by atomic mass is 9.99. The monoisotopic (exact) mass is 304 g/mol. The Bertz CT molecular complexity index is 582. The molecule has 2 atom stereocenters. The quantitative estimate of drug-likeness (QED) is 0.872. The highest BCUT2D eigenvalue weighted by molar-refractivity contribution is 5.95. The zero-order valence-corrected chi connectivity index (χ0v) is 12.7. The van der Waals surface area contributed by atoms with Gasteiger partial charge in [0.25, 0.3) is 5.91 Å². The van der Waals surface area contributed by atoms with E-state index in [0.717, 1.165) is 5.56 Å². The first-order chi connectivity index (χ1) is 10.4. The summed E-state index contributed by atoms with van der Waals surface area (Å²) in [6.45, 7) is 4.44. The zero-order valence-electron chi connectivity index (χ0n) is 12.7. The molecule has 2 rings (SSSR count). The van der Waals surface area contributed by atoms with Crippen molar-refractivity contribution in [2.45, 2.75) is 20.4 Å². The van der Waals surface area contributed by atoms with Crippen LogP contribution in [-0.4, -0.2) is 40.9 Å². The van der Waals surface area contributed by atoms with E-state index in [1.54, 1.807) is 29.2 Å². The normalized spacial score (nSPS) is 20.7. The van der Waals surface area contributed by atoms with Crippen LogP contribution in [0.25, 0.3) is 0 Å². The van der Waals surface area contributed by atoms with Gasteiger partial charge < -0.3 is 15.3 Å². The van der Waals surface area contributed by atoms with Crippen molar-refractivity contribution in [1.29, 1.82) is 0 Å². The van der Waals surface area contributed by atoms with Crippen LogP contribution in [-0.2, 0) is 16.1 Å². The third kappa shape index (κ3) is 3.63. The number of amides is 2. The summed E-state index contributed by atoms with van der Waals surface area (Å²) in [6.07, 6.45) is 0. The Balaban J connectivity index is 2.01. The number of hydrogen-bond acceptors (Lipinski definition) is 3. The average Bonchev–Trinajstić information content (AvgIpc) is 2.87. The summed E-state index contributed by atoms with van der Waals surface area (Å²) >= 11 is 0. The number of carboxylic acid groups (broad SMARTS) is 1. The molecule has 6 heteroatoms. The molecule has 0 aromatic heterocycles. The Morgan fingerprint density at radius 2 is 1.86 bits per heavy atom. The van der Waals surface area contributed by atoms with E-state index in [1.165, 1.54) is 6.92 Å². The first kappa shape index (κ1) is 16.0. The van der Waals surface area contributed by atoms with Crippen LogP contribution in [0, 0.1) is 11.8 Å². The van der Waals surface area contributed by atoms with Gasteiger partial charge in [-0.2, -0.15) is 0 Å². The molecule has 22 heavy (non-hydrogen) atoms. The predicted molar refractivity (Wildman–Crippen MR) is 80.2 cm³/mol. The second kappa shape index (κ2) is 6.60. The summed E-state index contributed by atoms with van der Waals surface area (Å²) in [4.78, 5) is 36.0. The number of nitrogens with zero attached hydrogens (tertiary/aromatic N) is 1. The Labute approximate surface area is 129 Å². The Morgan fingerprint density at radius 3 is 2.36 bits per heavy atom. The summed E-state index contributed by atoms with van der Waals surface area (Å²) < 4.78 is 0. The maximum atomic E-state index is 12.4. The Morgan fingerprint density at radius 1 is 1.23 bits per heavy atom. The molecule has 1 aliphatic heterocycles. The van der Waals surface area contributed by atoms with E-state index in [-0.39, 0.29) is 24.3 Å². The van der Waals surface area contributed by atoms with Gasteiger partial charge in [-0.1, -0.05) is 19.1 Å². The van der Waals surface area contributed by atoms with Crippen molar-refractivity contribution in [2.75, 3.05) is 13.1 Å². The van der Waals surface area contributed by atoms with Crippen LogP contribution in [0.3, 0.4) is 0 Å². The molecule has 0 spiro atoms. The van der Waals surface area contributed by atoms with Crippen molar-refractivity contribution in [3.63, 3.8) is 0 Å². The van der Waals surface area contributed by atoms with Crippen LogP contribution >= 0.6 is 0 Å². The van der Waals surface area contributed by atoms with Crippen molar-refractivity contribution >= 4 is 17.8 Å². The molecule has 1 aromatic rings. The summed E-state index contributed by atoms with van der Waals surface area (Å²) in [5.41, 5.74) is 1.44. The Hall–Kier alpha value is -2.37. The van der Waals surface area contributed by atoms with Crippen LogP contribution in [0.5, 0.6) is 0 Å². The number of rotatable bonds is 4. The lowest BCUT2D eigenvalue weighted by Crippen LogP contribution is -2.30. The second-order valence-corrected chi connectivity index (χ2v) is 5.74. The number of carbonyl (C=O) groups excluding carboxylic acids is 2. The van der Waals surface area contributed by atoms with Gasteiger partial charge in [0.2, 0.25) is 5.91 Å². The van der Waals surface area contributed by atoms with Crippen molar-refractivity contribution in [2.24, 2.45) is 11.8 Å². The molecular weight excluding hydrogens is 284 g/mol. The van der Waals surface area contributed by atoms with E-state index in [4.69, 9.17) is 5.11 Å². The van der Waals surface area contributed by atoms with Gasteiger partial charge in [-0.05, 0) is 23.6 Å². The molecule has 1 aromatic carbocycles. The molecular formula is C16H20N2O4. The standard InChI is InChI=1S/C16H20N2O4/c1-10-8-18(9-14(10)16(21)22)15(20)13-5-3-12(4-6-13)7-17-11(2)19/h3-6,10,14H,7-9H2,1-2H3,(H,17,19)(H,21,22)/t10-,14-/m1/s1. The molecule has 1 fully saturated rings. The molecule has 2 N–H and O–H groups in total. The smallest absolute Gasteiger partial charge is 0.308 e. The molecule has 0 bridgehead atoms. The molecule has 2 amide bonds. The van der Waals surface area contributed by atoms with Crippen LogP contribution in [0.1, 0.15) is 29.8 Å². The van der Waals surface area contributed by atoms with E-state index >= 15 is 0 Å². The summed E-state index contributed by atoms with van der Waals surface area (Å²) in [5, 5.41) is 11.8. The van der Waals surface area contributed by atoms with Crippen molar-refractivity contribution in [1.82, 2.24) is 10.2 Å². The number of nitrogens with one attached hydrogen (secondary N) is 1. The number of hydrogen-bond donors (Lipinski definition) is 2.